The minimum atomic E-state index is -2.92. The van der Waals surface area contributed by atoms with Gasteiger partial charge in [0.15, 0.2) is 0 Å². The fraction of sp³-hybridized carbons (Fsp3) is 0.875. The summed E-state index contributed by atoms with van der Waals surface area (Å²) in [5, 5.41) is 13.6. The lowest BCUT2D eigenvalue weighted by Crippen LogP contribution is -2.67. The van der Waals surface area contributed by atoms with Gasteiger partial charge in [-0.2, -0.15) is 0 Å². The number of hydrogen-bond donors (Lipinski definition) is 2. The molecule has 0 aromatic rings. The van der Waals surface area contributed by atoms with Gasteiger partial charge in [0, 0.05) is 24.9 Å². The van der Waals surface area contributed by atoms with Gasteiger partial charge in [-0.1, -0.05) is 46.3 Å². The maximum atomic E-state index is 12.0. The number of aliphatic carboxylic acids is 1. The van der Waals surface area contributed by atoms with E-state index in [-0.39, 0.29) is 11.2 Å². The minimum Gasteiger partial charge on any atom is -0.481 e. The van der Waals surface area contributed by atoms with E-state index < -0.39 is 15.8 Å². The number of allylic oxidation sites excluding steroid dienone is 4. The van der Waals surface area contributed by atoms with E-state index in [1.807, 2.05) is 0 Å². The highest BCUT2D eigenvalue weighted by atomic mass is 32.2. The molecule has 7 unspecified atom stereocenters. The van der Waals surface area contributed by atoms with Crippen molar-refractivity contribution in [2.75, 3.05) is 32.4 Å². The number of hydrogen-bond acceptors (Lipinski definition) is 5. The number of likely N-dealkylation sites (tertiary alicyclic amines) is 1. The average molecular weight is 669 g/mol. The monoisotopic (exact) mass is 668 g/mol. The van der Waals surface area contributed by atoms with Crippen molar-refractivity contribution in [1.82, 2.24) is 10.2 Å². The quantitative estimate of drug-likeness (QED) is 0.290. The molecule has 7 rings (SSSR count). The summed E-state index contributed by atoms with van der Waals surface area (Å²) in [6.45, 7) is 14.5. The molecule has 264 valence electrons. The van der Waals surface area contributed by atoms with Crippen molar-refractivity contribution < 1.29 is 18.3 Å². The second-order valence-corrected chi connectivity index (χ2v) is 20.7. The van der Waals surface area contributed by atoms with Crippen LogP contribution < -0.4 is 5.32 Å². The Hall–Kier alpha value is -1.18. The normalized spacial score (nSPS) is 46.0. The zero-order valence-corrected chi connectivity index (χ0v) is 31.0. The number of rotatable bonds is 7. The molecule has 0 bridgehead atoms. The number of nitrogens with one attached hydrogen (secondary N) is 1. The van der Waals surface area contributed by atoms with Gasteiger partial charge in [0.2, 0.25) is 0 Å². The van der Waals surface area contributed by atoms with Crippen molar-refractivity contribution in [1.29, 1.82) is 0 Å². The Morgan fingerprint density at radius 1 is 0.915 bits per heavy atom. The van der Waals surface area contributed by atoms with E-state index in [2.05, 4.69) is 50.1 Å². The lowest BCUT2D eigenvalue weighted by Gasteiger charge is -2.71. The zero-order chi connectivity index (χ0) is 33.4. The van der Waals surface area contributed by atoms with Crippen LogP contribution in [0.2, 0.25) is 0 Å². The van der Waals surface area contributed by atoms with E-state index in [0.717, 1.165) is 75.5 Å². The Labute approximate surface area is 285 Å². The molecule has 5 fully saturated rings. The summed E-state index contributed by atoms with van der Waals surface area (Å²) in [6, 6.07) is 0. The molecule has 0 aromatic carbocycles. The van der Waals surface area contributed by atoms with E-state index in [4.69, 9.17) is 0 Å². The smallest absolute Gasteiger partial charge is 0.306 e. The number of carboxylic acids is 1. The van der Waals surface area contributed by atoms with Crippen molar-refractivity contribution in [2.24, 2.45) is 51.8 Å². The Morgan fingerprint density at radius 2 is 1.68 bits per heavy atom. The standard InChI is InChI=1S/C40H64N2O4S/c1-27-31(28-8-10-29(11-9-28)36(43)44)14-19-37(2)32(27)15-20-39(4)35(37)13-12-33-34-7-6-18-40(34,22-21-38(33,39)3)41-23-26-42-24-16-30(17-25-42)47(5,45)46/h8,14,27,29-30,32-35,41H,6-7,9-13,15-26H2,1-5H3,(H,43,44)/t27?,29-,32?,33?,34-,35?,37?,38-,39?,40?/m1/s1. The highest BCUT2D eigenvalue weighted by molar-refractivity contribution is 7.91. The van der Waals surface area contributed by atoms with Gasteiger partial charge in [-0.05, 0) is 160 Å². The first-order valence-electron chi connectivity index (χ1n) is 19.5. The van der Waals surface area contributed by atoms with Crippen molar-refractivity contribution >= 4 is 15.8 Å². The molecule has 7 aliphatic rings. The highest BCUT2D eigenvalue weighted by Gasteiger charge is 2.68. The fourth-order valence-electron chi connectivity index (χ4n) is 13.9. The van der Waals surface area contributed by atoms with Crippen molar-refractivity contribution in [3.8, 4) is 0 Å². The van der Waals surface area contributed by atoms with Gasteiger partial charge in [0.1, 0.15) is 9.84 Å². The summed E-state index contributed by atoms with van der Waals surface area (Å²) < 4.78 is 24.1. The molecule has 7 heteroatoms. The molecule has 4 saturated carbocycles. The molecule has 47 heavy (non-hydrogen) atoms. The summed E-state index contributed by atoms with van der Waals surface area (Å²) >= 11 is 0. The number of sulfone groups is 1. The molecular weight excluding hydrogens is 605 g/mol. The molecule has 6 aliphatic carbocycles. The summed E-state index contributed by atoms with van der Waals surface area (Å²) in [6.07, 6.45) is 23.7. The predicted molar refractivity (Wildman–Crippen MR) is 190 cm³/mol. The SMILES string of the molecule is CC1C(C2=CC[C@@H](C(=O)O)CC2)=CCC2(C)C1CCC1(C)C2CCC2[C@H]3CCCC3(NCCN3CCC(S(C)(=O)=O)CC3)CC[C@]21C. The number of nitrogens with zero attached hydrogens (tertiary/aromatic N) is 1. The molecule has 1 saturated heterocycles. The van der Waals surface area contributed by atoms with Crippen LogP contribution in [-0.2, 0) is 14.6 Å². The molecule has 0 amide bonds. The molecule has 1 heterocycles. The third-order valence-corrected chi connectivity index (χ3v) is 18.4. The lowest BCUT2D eigenvalue weighted by molar-refractivity contribution is -0.212. The van der Waals surface area contributed by atoms with Gasteiger partial charge in [-0.3, -0.25) is 4.79 Å². The Balaban J connectivity index is 1.04. The number of carboxylic acid groups (broad SMARTS) is 1. The molecular formula is C40H64N2O4S. The van der Waals surface area contributed by atoms with Gasteiger partial charge < -0.3 is 15.3 Å². The second-order valence-electron chi connectivity index (χ2n) is 18.4. The maximum Gasteiger partial charge on any atom is 0.306 e. The molecule has 0 spiro atoms. The van der Waals surface area contributed by atoms with Crippen LogP contribution in [0.3, 0.4) is 0 Å². The van der Waals surface area contributed by atoms with E-state index >= 15 is 0 Å². The van der Waals surface area contributed by atoms with Crippen LogP contribution in [0.1, 0.15) is 124 Å². The highest BCUT2D eigenvalue weighted by Crippen LogP contribution is 2.75. The fourth-order valence-corrected chi connectivity index (χ4v) is 15.0. The van der Waals surface area contributed by atoms with Gasteiger partial charge >= 0.3 is 5.97 Å². The second kappa shape index (κ2) is 12.2. The largest absolute Gasteiger partial charge is 0.481 e. The third-order valence-electron chi connectivity index (χ3n) is 16.7. The summed E-state index contributed by atoms with van der Waals surface area (Å²) in [5.74, 6) is 2.80. The molecule has 1 aliphatic heterocycles. The van der Waals surface area contributed by atoms with Gasteiger partial charge in [0.25, 0.3) is 0 Å². The molecule has 0 radical (unpaired) electrons. The number of piperidine rings is 1. The van der Waals surface area contributed by atoms with Gasteiger partial charge in [0.05, 0.1) is 11.2 Å². The van der Waals surface area contributed by atoms with Crippen LogP contribution in [0, 0.1) is 51.8 Å². The van der Waals surface area contributed by atoms with E-state index in [0.29, 0.717) is 34.1 Å². The molecule has 2 N–H and O–H groups in total. The predicted octanol–water partition coefficient (Wildman–Crippen LogP) is 7.65. The van der Waals surface area contributed by atoms with E-state index in [1.165, 1.54) is 76.0 Å². The average Bonchev–Trinajstić information content (AvgIpc) is 3.45. The maximum absolute atomic E-state index is 12.0. The Bertz CT molecular complexity index is 1400. The van der Waals surface area contributed by atoms with Crippen molar-refractivity contribution in [3.05, 3.63) is 23.3 Å². The number of carbonyl (C=O) groups is 1. The zero-order valence-electron chi connectivity index (χ0n) is 30.2. The van der Waals surface area contributed by atoms with Gasteiger partial charge in [-0.25, -0.2) is 8.42 Å². The Kier molecular flexibility index (Phi) is 8.93. The van der Waals surface area contributed by atoms with Gasteiger partial charge in [-0.15, -0.1) is 0 Å². The van der Waals surface area contributed by atoms with Crippen LogP contribution in [0.5, 0.6) is 0 Å². The van der Waals surface area contributed by atoms with E-state index in [9.17, 15) is 18.3 Å². The number of fused-ring (bicyclic) bond motifs is 7. The topological polar surface area (TPSA) is 86.7 Å². The summed E-state index contributed by atoms with van der Waals surface area (Å²) in [5.41, 5.74) is 4.42. The lowest BCUT2D eigenvalue weighted by atomic mass is 9.34. The van der Waals surface area contributed by atoms with Crippen LogP contribution in [0.4, 0.5) is 0 Å². The third kappa shape index (κ3) is 5.54. The van der Waals surface area contributed by atoms with Crippen LogP contribution in [-0.4, -0.2) is 67.6 Å². The van der Waals surface area contributed by atoms with Crippen molar-refractivity contribution in [3.63, 3.8) is 0 Å². The molecule has 10 atom stereocenters. The summed E-state index contributed by atoms with van der Waals surface area (Å²) in [7, 11) is -2.92. The summed E-state index contributed by atoms with van der Waals surface area (Å²) in [4.78, 5) is 14.1. The molecule has 0 aromatic heterocycles. The first kappa shape index (κ1) is 34.3. The van der Waals surface area contributed by atoms with Crippen LogP contribution in [0.25, 0.3) is 0 Å². The first-order chi connectivity index (χ1) is 22.2. The van der Waals surface area contributed by atoms with Crippen molar-refractivity contribution in [2.45, 2.75) is 135 Å². The van der Waals surface area contributed by atoms with Crippen LogP contribution in [0.15, 0.2) is 23.3 Å². The van der Waals surface area contributed by atoms with Crippen LogP contribution >= 0.6 is 0 Å². The first-order valence-corrected chi connectivity index (χ1v) is 21.5. The molecule has 6 nitrogen and oxygen atoms in total. The minimum absolute atomic E-state index is 0.146. The van der Waals surface area contributed by atoms with E-state index in [1.54, 1.807) is 5.57 Å². The Morgan fingerprint density at radius 3 is 2.36 bits per heavy atom.